The summed E-state index contributed by atoms with van der Waals surface area (Å²) < 4.78 is 5.11. The van der Waals surface area contributed by atoms with E-state index < -0.39 is 6.10 Å². The van der Waals surface area contributed by atoms with Gasteiger partial charge in [-0.15, -0.1) is 6.42 Å². The van der Waals surface area contributed by atoms with Crippen molar-refractivity contribution in [2.45, 2.75) is 18.9 Å². The van der Waals surface area contributed by atoms with Crippen LogP contribution in [-0.4, -0.2) is 24.4 Å². The van der Waals surface area contributed by atoms with Crippen molar-refractivity contribution >= 4 is 0 Å². The Morgan fingerprint density at radius 3 is 2.60 bits per heavy atom. The Labute approximate surface area is 61.2 Å². The Morgan fingerprint density at radius 1 is 1.50 bits per heavy atom. The Kier molecular flexibility index (Phi) is 2.73. The maximum absolute atomic E-state index is 9.19. The summed E-state index contributed by atoms with van der Waals surface area (Å²) in [6, 6.07) is 0. The lowest BCUT2D eigenvalue weighted by atomic mass is 9.94. The van der Waals surface area contributed by atoms with Crippen molar-refractivity contribution in [2.24, 2.45) is 5.92 Å². The summed E-state index contributed by atoms with van der Waals surface area (Å²) >= 11 is 0. The van der Waals surface area contributed by atoms with Crippen LogP contribution in [0.15, 0.2) is 0 Å². The molecule has 1 aliphatic heterocycles. The molecule has 1 N–H and O–H groups in total. The van der Waals surface area contributed by atoms with Crippen LogP contribution in [0.2, 0.25) is 0 Å². The van der Waals surface area contributed by atoms with Gasteiger partial charge in [0.25, 0.3) is 0 Å². The Hall–Kier alpha value is -0.520. The average molecular weight is 140 g/mol. The van der Waals surface area contributed by atoms with Crippen molar-refractivity contribution in [3.8, 4) is 12.3 Å². The fourth-order valence-electron chi connectivity index (χ4n) is 1.17. The fourth-order valence-corrected chi connectivity index (χ4v) is 1.17. The van der Waals surface area contributed by atoms with E-state index in [0.717, 1.165) is 26.1 Å². The van der Waals surface area contributed by atoms with Crippen LogP contribution in [0.1, 0.15) is 12.8 Å². The van der Waals surface area contributed by atoms with Gasteiger partial charge in [0.05, 0.1) is 0 Å². The van der Waals surface area contributed by atoms with Crippen molar-refractivity contribution in [3.63, 3.8) is 0 Å². The second kappa shape index (κ2) is 3.60. The Bertz CT molecular complexity index is 131. The molecule has 56 valence electrons. The molecule has 0 spiro atoms. The van der Waals surface area contributed by atoms with Crippen LogP contribution in [0.25, 0.3) is 0 Å². The van der Waals surface area contributed by atoms with Crippen LogP contribution in [0, 0.1) is 18.3 Å². The maximum atomic E-state index is 9.19. The van der Waals surface area contributed by atoms with E-state index in [1.165, 1.54) is 0 Å². The second-order valence-electron chi connectivity index (χ2n) is 2.56. The molecule has 0 aromatic carbocycles. The molecule has 1 fully saturated rings. The first-order valence-electron chi connectivity index (χ1n) is 3.56. The summed E-state index contributed by atoms with van der Waals surface area (Å²) in [5.41, 5.74) is 0. The minimum atomic E-state index is -0.566. The Morgan fingerprint density at radius 2 is 2.10 bits per heavy atom. The minimum Gasteiger partial charge on any atom is -0.381 e. The molecule has 1 aliphatic rings. The number of aliphatic hydroxyl groups excluding tert-OH is 1. The monoisotopic (exact) mass is 140 g/mol. The van der Waals surface area contributed by atoms with Gasteiger partial charge < -0.3 is 9.84 Å². The first-order chi connectivity index (χ1) is 4.84. The third-order valence-corrected chi connectivity index (χ3v) is 1.88. The predicted molar refractivity (Wildman–Crippen MR) is 38.4 cm³/mol. The maximum Gasteiger partial charge on any atom is 0.117 e. The molecule has 0 aromatic heterocycles. The van der Waals surface area contributed by atoms with Gasteiger partial charge in [-0.1, -0.05) is 5.92 Å². The van der Waals surface area contributed by atoms with Crippen LogP contribution in [0.5, 0.6) is 0 Å². The lowest BCUT2D eigenvalue weighted by Gasteiger charge is -2.23. The van der Waals surface area contributed by atoms with Crippen LogP contribution in [0.4, 0.5) is 0 Å². The molecule has 2 heteroatoms. The molecule has 0 amide bonds. The van der Waals surface area contributed by atoms with Gasteiger partial charge in [-0.05, 0) is 12.8 Å². The molecule has 2 nitrogen and oxygen atoms in total. The van der Waals surface area contributed by atoms with Crippen molar-refractivity contribution in [2.75, 3.05) is 13.2 Å². The number of hydrogen-bond donors (Lipinski definition) is 1. The largest absolute Gasteiger partial charge is 0.381 e. The highest BCUT2D eigenvalue weighted by atomic mass is 16.5. The summed E-state index contributed by atoms with van der Waals surface area (Å²) in [5.74, 6) is 2.60. The van der Waals surface area contributed by atoms with E-state index in [9.17, 15) is 5.11 Å². The van der Waals surface area contributed by atoms with Crippen LogP contribution < -0.4 is 0 Å². The molecule has 10 heavy (non-hydrogen) atoms. The zero-order valence-electron chi connectivity index (χ0n) is 5.92. The molecule has 1 heterocycles. The Balaban J connectivity index is 2.33. The normalized spacial score (nSPS) is 23.6. The highest BCUT2D eigenvalue weighted by molar-refractivity contribution is 4.97. The van der Waals surface area contributed by atoms with Gasteiger partial charge in [0.15, 0.2) is 0 Å². The van der Waals surface area contributed by atoms with E-state index in [1.54, 1.807) is 0 Å². The van der Waals surface area contributed by atoms with Crippen LogP contribution >= 0.6 is 0 Å². The number of terminal acetylenes is 1. The molecule has 1 atom stereocenters. The van der Waals surface area contributed by atoms with Gasteiger partial charge in [-0.2, -0.15) is 0 Å². The zero-order valence-corrected chi connectivity index (χ0v) is 5.92. The van der Waals surface area contributed by atoms with Crippen molar-refractivity contribution in [3.05, 3.63) is 0 Å². The van der Waals surface area contributed by atoms with E-state index in [4.69, 9.17) is 11.2 Å². The van der Waals surface area contributed by atoms with Gasteiger partial charge in [0, 0.05) is 19.1 Å². The molecule has 1 saturated heterocycles. The van der Waals surface area contributed by atoms with E-state index in [0.29, 0.717) is 0 Å². The summed E-state index contributed by atoms with van der Waals surface area (Å²) in [4.78, 5) is 0. The molecule has 1 rings (SSSR count). The van der Waals surface area contributed by atoms with E-state index in [-0.39, 0.29) is 5.92 Å². The lowest BCUT2D eigenvalue weighted by Crippen LogP contribution is -2.25. The average Bonchev–Trinajstić information content (AvgIpc) is 2.05. The SMILES string of the molecule is C#C[C@H](O)C1CCOCC1. The molecule has 0 saturated carbocycles. The molecule has 0 aromatic rings. The number of ether oxygens (including phenoxy) is 1. The standard InChI is InChI=1S/C8H12O2/c1-2-8(9)7-3-5-10-6-4-7/h1,7-9H,3-6H2/t8-/m0/s1. The molecule has 0 unspecified atom stereocenters. The predicted octanol–water partition coefficient (Wildman–Crippen LogP) is 0.407. The van der Waals surface area contributed by atoms with Crippen molar-refractivity contribution in [1.82, 2.24) is 0 Å². The quantitative estimate of drug-likeness (QED) is 0.534. The lowest BCUT2D eigenvalue weighted by molar-refractivity contribution is 0.0276. The minimum absolute atomic E-state index is 0.263. The van der Waals surface area contributed by atoms with Crippen LogP contribution in [-0.2, 0) is 4.74 Å². The van der Waals surface area contributed by atoms with Gasteiger partial charge in [0.2, 0.25) is 0 Å². The highest BCUT2D eigenvalue weighted by Gasteiger charge is 2.19. The van der Waals surface area contributed by atoms with Gasteiger partial charge in [-0.3, -0.25) is 0 Å². The van der Waals surface area contributed by atoms with E-state index >= 15 is 0 Å². The summed E-state index contributed by atoms with van der Waals surface area (Å²) in [5, 5.41) is 9.19. The summed E-state index contributed by atoms with van der Waals surface area (Å²) in [7, 11) is 0. The topological polar surface area (TPSA) is 29.5 Å². The third-order valence-electron chi connectivity index (χ3n) is 1.88. The molecular weight excluding hydrogens is 128 g/mol. The highest BCUT2D eigenvalue weighted by Crippen LogP contribution is 2.17. The first kappa shape index (κ1) is 7.59. The van der Waals surface area contributed by atoms with E-state index in [1.807, 2.05) is 0 Å². The zero-order chi connectivity index (χ0) is 7.40. The second-order valence-corrected chi connectivity index (χ2v) is 2.56. The molecule has 0 radical (unpaired) electrons. The third kappa shape index (κ3) is 1.73. The molecule has 0 aliphatic carbocycles. The summed E-state index contributed by atoms with van der Waals surface area (Å²) in [6.45, 7) is 1.48. The summed E-state index contributed by atoms with van der Waals surface area (Å²) in [6.07, 6.45) is 6.28. The van der Waals surface area contributed by atoms with Gasteiger partial charge >= 0.3 is 0 Å². The van der Waals surface area contributed by atoms with Crippen molar-refractivity contribution in [1.29, 1.82) is 0 Å². The van der Waals surface area contributed by atoms with Crippen LogP contribution in [0.3, 0.4) is 0 Å². The van der Waals surface area contributed by atoms with Gasteiger partial charge in [-0.25, -0.2) is 0 Å². The van der Waals surface area contributed by atoms with Gasteiger partial charge in [0.1, 0.15) is 6.10 Å². The molecular formula is C8H12O2. The van der Waals surface area contributed by atoms with Crippen molar-refractivity contribution < 1.29 is 9.84 Å². The smallest absolute Gasteiger partial charge is 0.117 e. The number of rotatable bonds is 1. The number of hydrogen-bond acceptors (Lipinski definition) is 2. The van der Waals surface area contributed by atoms with E-state index in [2.05, 4.69) is 5.92 Å². The first-order valence-corrected chi connectivity index (χ1v) is 3.56. The molecule has 0 bridgehead atoms. The number of aliphatic hydroxyl groups is 1. The fraction of sp³-hybridized carbons (Fsp3) is 0.750.